The van der Waals surface area contributed by atoms with Gasteiger partial charge >= 0.3 is 0 Å². The molecule has 0 saturated carbocycles. The summed E-state index contributed by atoms with van der Waals surface area (Å²) in [4.78, 5) is 17.3. The molecule has 0 bridgehead atoms. The van der Waals surface area contributed by atoms with Crippen LogP contribution in [-0.2, 0) is 4.79 Å². The Morgan fingerprint density at radius 3 is 3.06 bits per heavy atom. The minimum atomic E-state index is -0.275. The van der Waals surface area contributed by atoms with Crippen LogP contribution in [0.4, 0.5) is 0 Å². The van der Waals surface area contributed by atoms with Gasteiger partial charge in [-0.2, -0.15) is 0 Å². The molecule has 1 fully saturated rings. The van der Waals surface area contributed by atoms with Crippen LogP contribution in [0.25, 0.3) is 0 Å². The molecule has 17 heavy (non-hydrogen) atoms. The van der Waals surface area contributed by atoms with Crippen molar-refractivity contribution in [1.29, 1.82) is 0 Å². The molecule has 1 aromatic heterocycles. The first-order valence-electron chi connectivity index (χ1n) is 5.62. The zero-order valence-corrected chi connectivity index (χ0v) is 9.74. The van der Waals surface area contributed by atoms with E-state index < -0.39 is 0 Å². The quantitative estimate of drug-likeness (QED) is 0.816. The molecule has 1 unspecified atom stereocenters. The zero-order chi connectivity index (χ0) is 12.3. The first-order valence-corrected chi connectivity index (χ1v) is 5.62. The van der Waals surface area contributed by atoms with Gasteiger partial charge in [-0.15, -0.1) is 0 Å². The summed E-state index contributed by atoms with van der Waals surface area (Å²) in [6.07, 6.45) is 3.96. The minimum absolute atomic E-state index is 0.00714. The highest BCUT2D eigenvalue weighted by molar-refractivity contribution is 5.81. The molecule has 2 rings (SSSR count). The lowest BCUT2D eigenvalue weighted by Crippen LogP contribution is -2.34. The normalized spacial score (nSPS) is 24.1. The van der Waals surface area contributed by atoms with Crippen LogP contribution in [-0.4, -0.2) is 47.2 Å². The van der Waals surface area contributed by atoms with Crippen LogP contribution in [0.2, 0.25) is 0 Å². The molecule has 1 aromatic rings. The van der Waals surface area contributed by atoms with Gasteiger partial charge in [-0.25, -0.2) is 0 Å². The molecule has 1 N–H and O–H groups in total. The summed E-state index contributed by atoms with van der Waals surface area (Å²) < 4.78 is 5.56. The molecule has 0 aromatic carbocycles. The molecule has 0 aliphatic carbocycles. The molecule has 1 aliphatic heterocycles. The fourth-order valence-corrected chi connectivity index (χ4v) is 2.01. The minimum Gasteiger partial charge on any atom is -0.490 e. The van der Waals surface area contributed by atoms with Crippen LogP contribution in [0.5, 0.6) is 5.75 Å². The van der Waals surface area contributed by atoms with E-state index in [1.54, 1.807) is 30.4 Å². The largest absolute Gasteiger partial charge is 0.490 e. The van der Waals surface area contributed by atoms with Gasteiger partial charge in [0.15, 0.2) is 0 Å². The fourth-order valence-electron chi connectivity index (χ4n) is 2.01. The third kappa shape index (κ3) is 2.55. The molecule has 2 atom stereocenters. The third-order valence-electron chi connectivity index (χ3n) is 3.10. The predicted molar refractivity (Wildman–Crippen MR) is 61.5 cm³/mol. The Morgan fingerprint density at radius 1 is 1.65 bits per heavy atom. The van der Waals surface area contributed by atoms with Crippen molar-refractivity contribution in [2.24, 2.45) is 5.92 Å². The maximum Gasteiger partial charge on any atom is 0.228 e. The van der Waals surface area contributed by atoms with Gasteiger partial charge in [-0.1, -0.05) is 0 Å². The van der Waals surface area contributed by atoms with E-state index in [0.717, 1.165) is 0 Å². The molecule has 1 amide bonds. The van der Waals surface area contributed by atoms with Gasteiger partial charge in [0.25, 0.3) is 0 Å². The van der Waals surface area contributed by atoms with Crippen molar-refractivity contribution in [3.05, 3.63) is 24.5 Å². The number of aliphatic hydroxyl groups excluding tert-OH is 1. The fraction of sp³-hybridized carbons (Fsp3) is 0.500. The van der Waals surface area contributed by atoms with E-state index in [0.29, 0.717) is 18.8 Å². The molecule has 0 spiro atoms. The Kier molecular flexibility index (Phi) is 3.58. The molecular weight excluding hydrogens is 220 g/mol. The number of likely N-dealkylation sites (N-methyl/N-ethyl adjacent to an activating group) is 1. The number of hydrogen-bond acceptors (Lipinski definition) is 4. The highest BCUT2D eigenvalue weighted by atomic mass is 16.5. The Balaban J connectivity index is 1.90. The van der Waals surface area contributed by atoms with Crippen molar-refractivity contribution >= 4 is 5.91 Å². The van der Waals surface area contributed by atoms with Crippen LogP contribution in [0.15, 0.2) is 24.5 Å². The first kappa shape index (κ1) is 11.9. The maximum absolute atomic E-state index is 11.7. The number of carbonyl (C=O) groups is 1. The van der Waals surface area contributed by atoms with E-state index in [1.165, 1.54) is 0 Å². The average Bonchev–Trinajstić information content (AvgIpc) is 2.65. The number of aromatic nitrogens is 1. The molecule has 1 saturated heterocycles. The van der Waals surface area contributed by atoms with Gasteiger partial charge in [-0.3, -0.25) is 9.78 Å². The van der Waals surface area contributed by atoms with E-state index in [9.17, 15) is 4.79 Å². The van der Waals surface area contributed by atoms with Crippen molar-refractivity contribution in [2.45, 2.75) is 12.5 Å². The average molecular weight is 236 g/mol. The summed E-state index contributed by atoms with van der Waals surface area (Å²) in [6.45, 7) is 0.344. The standard InChI is InChI=1S/C12H16N2O3/c1-14-10(5-9(7-15)12(14)16)8-17-11-3-2-4-13-6-11/h2-4,6,9-10,15H,5,7-8H2,1H3/t9?,10-/m0/s1. The Bertz CT molecular complexity index is 383. The van der Waals surface area contributed by atoms with E-state index in [4.69, 9.17) is 9.84 Å². The third-order valence-corrected chi connectivity index (χ3v) is 3.10. The van der Waals surface area contributed by atoms with Crippen molar-refractivity contribution in [3.63, 3.8) is 0 Å². The molecule has 92 valence electrons. The number of nitrogens with zero attached hydrogens (tertiary/aromatic N) is 2. The number of ether oxygens (including phenoxy) is 1. The molecule has 1 aliphatic rings. The van der Waals surface area contributed by atoms with E-state index in [1.807, 2.05) is 6.07 Å². The van der Waals surface area contributed by atoms with Gasteiger partial charge in [-0.05, 0) is 18.6 Å². The smallest absolute Gasteiger partial charge is 0.228 e. The summed E-state index contributed by atoms with van der Waals surface area (Å²) in [6, 6.07) is 3.66. The number of pyridine rings is 1. The number of aliphatic hydroxyl groups is 1. The summed E-state index contributed by atoms with van der Waals surface area (Å²) in [5.74, 6) is 0.413. The number of hydrogen-bond donors (Lipinski definition) is 1. The number of likely N-dealkylation sites (tertiary alicyclic amines) is 1. The molecule has 5 heteroatoms. The number of amides is 1. The van der Waals surface area contributed by atoms with Crippen LogP contribution in [0.1, 0.15) is 6.42 Å². The van der Waals surface area contributed by atoms with Crippen LogP contribution in [0, 0.1) is 5.92 Å². The summed E-state index contributed by atoms with van der Waals surface area (Å²) in [5.41, 5.74) is 0. The second-order valence-corrected chi connectivity index (χ2v) is 4.22. The monoisotopic (exact) mass is 236 g/mol. The lowest BCUT2D eigenvalue weighted by molar-refractivity contribution is -0.131. The Labute approximate surface area is 100 Å². The Morgan fingerprint density at radius 2 is 2.47 bits per heavy atom. The van der Waals surface area contributed by atoms with Gasteiger partial charge < -0.3 is 14.7 Å². The lowest BCUT2D eigenvalue weighted by atomic mass is 10.1. The SMILES string of the molecule is CN1C(=O)C(CO)C[C@H]1COc1cccnc1. The second-order valence-electron chi connectivity index (χ2n) is 4.22. The maximum atomic E-state index is 11.7. The van der Waals surface area contributed by atoms with Crippen molar-refractivity contribution < 1.29 is 14.6 Å². The van der Waals surface area contributed by atoms with Crippen LogP contribution >= 0.6 is 0 Å². The second kappa shape index (κ2) is 5.14. The van der Waals surface area contributed by atoms with Crippen molar-refractivity contribution in [3.8, 4) is 5.75 Å². The lowest BCUT2D eigenvalue weighted by Gasteiger charge is -2.19. The van der Waals surface area contributed by atoms with Gasteiger partial charge in [0.05, 0.1) is 24.8 Å². The highest BCUT2D eigenvalue weighted by Crippen LogP contribution is 2.23. The Hall–Kier alpha value is -1.62. The zero-order valence-electron chi connectivity index (χ0n) is 9.74. The number of rotatable bonds is 4. The van der Waals surface area contributed by atoms with Crippen molar-refractivity contribution in [1.82, 2.24) is 9.88 Å². The molecular formula is C12H16N2O3. The number of carbonyl (C=O) groups excluding carboxylic acids is 1. The first-order chi connectivity index (χ1) is 8.22. The predicted octanol–water partition coefficient (Wildman–Crippen LogP) is 0.300. The van der Waals surface area contributed by atoms with Crippen LogP contribution < -0.4 is 4.74 Å². The summed E-state index contributed by atoms with van der Waals surface area (Å²) in [5, 5.41) is 9.06. The van der Waals surface area contributed by atoms with E-state index in [-0.39, 0.29) is 24.5 Å². The van der Waals surface area contributed by atoms with E-state index in [2.05, 4.69) is 4.98 Å². The summed E-state index contributed by atoms with van der Waals surface area (Å²) >= 11 is 0. The van der Waals surface area contributed by atoms with Crippen LogP contribution in [0.3, 0.4) is 0 Å². The van der Waals surface area contributed by atoms with E-state index >= 15 is 0 Å². The summed E-state index contributed by atoms with van der Waals surface area (Å²) in [7, 11) is 1.75. The molecule has 5 nitrogen and oxygen atoms in total. The van der Waals surface area contributed by atoms with Gasteiger partial charge in [0.2, 0.25) is 5.91 Å². The highest BCUT2D eigenvalue weighted by Gasteiger charge is 2.36. The van der Waals surface area contributed by atoms with Gasteiger partial charge in [0.1, 0.15) is 12.4 Å². The topological polar surface area (TPSA) is 62.7 Å². The van der Waals surface area contributed by atoms with Gasteiger partial charge in [0, 0.05) is 13.2 Å². The molecule has 2 heterocycles. The van der Waals surface area contributed by atoms with Crippen molar-refractivity contribution in [2.75, 3.05) is 20.3 Å². The molecule has 0 radical (unpaired) electrons.